The first-order chi connectivity index (χ1) is 11.6. The third-order valence-corrected chi connectivity index (χ3v) is 3.90. The fourth-order valence-corrected chi connectivity index (χ4v) is 2.65. The quantitative estimate of drug-likeness (QED) is 0.766. The summed E-state index contributed by atoms with van der Waals surface area (Å²) in [4.78, 5) is 24.0. The van der Waals surface area contributed by atoms with Gasteiger partial charge in [-0.3, -0.25) is 14.6 Å². The predicted octanol–water partition coefficient (Wildman–Crippen LogP) is -0.362. The van der Waals surface area contributed by atoms with E-state index in [9.17, 15) is 9.59 Å². The normalized spacial score (nSPS) is 23.7. The number of para-hydroxylation sites is 1. The highest BCUT2D eigenvalue weighted by Gasteiger charge is 2.35. The smallest absolute Gasteiger partial charge is 0.267 e. The van der Waals surface area contributed by atoms with Crippen LogP contribution in [-0.2, 0) is 19.1 Å². The Labute approximate surface area is 139 Å². The van der Waals surface area contributed by atoms with E-state index < -0.39 is 11.9 Å². The molecule has 0 saturated carbocycles. The van der Waals surface area contributed by atoms with Crippen LogP contribution in [0.2, 0.25) is 0 Å². The Kier molecular flexibility index (Phi) is 5.07. The van der Waals surface area contributed by atoms with Crippen molar-refractivity contribution in [2.24, 2.45) is 10.8 Å². The maximum absolute atomic E-state index is 12.3. The zero-order valence-corrected chi connectivity index (χ0v) is 13.2. The van der Waals surface area contributed by atoms with Crippen LogP contribution in [-0.4, -0.2) is 56.0 Å². The number of amides is 2. The second kappa shape index (κ2) is 7.41. The summed E-state index contributed by atoms with van der Waals surface area (Å²) in [6.07, 6.45) is 0.0137. The molecule has 0 spiro atoms. The summed E-state index contributed by atoms with van der Waals surface area (Å²) in [6, 6.07) is 8.49. The van der Waals surface area contributed by atoms with Crippen molar-refractivity contribution in [3.8, 4) is 0 Å². The molecule has 1 fully saturated rings. The van der Waals surface area contributed by atoms with Crippen LogP contribution in [0, 0.1) is 0 Å². The van der Waals surface area contributed by atoms with Gasteiger partial charge in [0.05, 0.1) is 31.6 Å². The standard InChI is InChI=1S/C16H20N4O4/c17-15(21)14-8-13(19-20(14)11-4-2-1-3-5-11)16(22)18-9-12-10-23-6-7-24-12/h1-5,12,14H,6-10H2,(H2,17,21)(H,18,22)/t12-,14+/m0/s1. The number of anilines is 1. The first-order valence-electron chi connectivity index (χ1n) is 7.84. The summed E-state index contributed by atoms with van der Waals surface area (Å²) in [7, 11) is 0. The van der Waals surface area contributed by atoms with E-state index >= 15 is 0 Å². The van der Waals surface area contributed by atoms with Gasteiger partial charge in [-0.2, -0.15) is 5.10 Å². The van der Waals surface area contributed by atoms with Crippen LogP contribution in [0.15, 0.2) is 35.4 Å². The largest absolute Gasteiger partial charge is 0.376 e. The van der Waals surface area contributed by atoms with E-state index in [0.29, 0.717) is 32.1 Å². The predicted molar refractivity (Wildman–Crippen MR) is 87.5 cm³/mol. The van der Waals surface area contributed by atoms with Crippen molar-refractivity contribution in [1.29, 1.82) is 0 Å². The molecule has 8 heteroatoms. The van der Waals surface area contributed by atoms with Crippen LogP contribution in [0.5, 0.6) is 0 Å². The number of hydrogen-bond acceptors (Lipinski definition) is 6. The summed E-state index contributed by atoms with van der Waals surface area (Å²) < 4.78 is 10.8. The molecule has 2 atom stereocenters. The van der Waals surface area contributed by atoms with Gasteiger partial charge in [0, 0.05) is 13.0 Å². The van der Waals surface area contributed by atoms with Crippen LogP contribution in [0.3, 0.4) is 0 Å². The average Bonchev–Trinajstić information content (AvgIpc) is 3.07. The second-order valence-electron chi connectivity index (χ2n) is 5.63. The minimum atomic E-state index is -0.664. The van der Waals surface area contributed by atoms with E-state index in [2.05, 4.69) is 10.4 Å². The van der Waals surface area contributed by atoms with Gasteiger partial charge >= 0.3 is 0 Å². The first-order valence-corrected chi connectivity index (χ1v) is 7.84. The Hall–Kier alpha value is -2.45. The summed E-state index contributed by atoms with van der Waals surface area (Å²) in [5, 5.41) is 8.56. The van der Waals surface area contributed by atoms with Gasteiger partial charge in [-0.05, 0) is 12.1 Å². The summed E-state index contributed by atoms with van der Waals surface area (Å²) in [6.45, 7) is 1.88. The van der Waals surface area contributed by atoms with Crippen molar-refractivity contribution >= 4 is 23.2 Å². The Morgan fingerprint density at radius 3 is 2.75 bits per heavy atom. The zero-order valence-electron chi connectivity index (χ0n) is 13.2. The molecule has 24 heavy (non-hydrogen) atoms. The Morgan fingerprint density at radius 1 is 1.29 bits per heavy atom. The molecule has 0 radical (unpaired) electrons. The molecular weight excluding hydrogens is 312 g/mol. The van der Waals surface area contributed by atoms with E-state index in [-0.39, 0.29) is 24.1 Å². The van der Waals surface area contributed by atoms with E-state index in [1.165, 1.54) is 5.01 Å². The van der Waals surface area contributed by atoms with Crippen LogP contribution in [0.4, 0.5) is 5.69 Å². The molecule has 1 aromatic rings. The number of rotatable bonds is 5. The van der Waals surface area contributed by atoms with Crippen molar-refractivity contribution < 1.29 is 19.1 Å². The van der Waals surface area contributed by atoms with Gasteiger partial charge in [0.25, 0.3) is 5.91 Å². The van der Waals surface area contributed by atoms with Gasteiger partial charge in [-0.25, -0.2) is 0 Å². The lowest BCUT2D eigenvalue weighted by atomic mass is 10.1. The molecule has 2 heterocycles. The highest BCUT2D eigenvalue weighted by atomic mass is 16.6. The molecule has 0 unspecified atom stereocenters. The third-order valence-electron chi connectivity index (χ3n) is 3.90. The van der Waals surface area contributed by atoms with E-state index in [4.69, 9.17) is 15.2 Å². The zero-order chi connectivity index (χ0) is 16.9. The fourth-order valence-electron chi connectivity index (χ4n) is 2.65. The minimum Gasteiger partial charge on any atom is -0.376 e. The Morgan fingerprint density at radius 2 is 2.08 bits per heavy atom. The van der Waals surface area contributed by atoms with Gasteiger partial charge in [-0.15, -0.1) is 0 Å². The number of benzene rings is 1. The number of ether oxygens (including phenoxy) is 2. The summed E-state index contributed by atoms with van der Waals surface area (Å²) in [5.74, 6) is -0.844. The first kappa shape index (κ1) is 16.4. The van der Waals surface area contributed by atoms with Crippen LogP contribution in [0.25, 0.3) is 0 Å². The van der Waals surface area contributed by atoms with Gasteiger partial charge < -0.3 is 20.5 Å². The molecule has 1 aromatic carbocycles. The summed E-state index contributed by atoms with van der Waals surface area (Å²) in [5.41, 5.74) is 6.45. The van der Waals surface area contributed by atoms with E-state index in [1.807, 2.05) is 30.3 Å². The molecule has 8 nitrogen and oxygen atoms in total. The molecule has 2 aliphatic heterocycles. The number of nitrogens with zero attached hydrogens (tertiary/aromatic N) is 2. The molecule has 3 rings (SSSR count). The molecule has 3 N–H and O–H groups in total. The third kappa shape index (κ3) is 3.72. The number of hydrogen-bond donors (Lipinski definition) is 2. The summed E-state index contributed by atoms with van der Waals surface area (Å²) >= 11 is 0. The monoisotopic (exact) mass is 332 g/mol. The molecular formula is C16H20N4O4. The van der Waals surface area contributed by atoms with Crippen molar-refractivity contribution in [3.05, 3.63) is 30.3 Å². The molecule has 1 saturated heterocycles. The molecule has 128 valence electrons. The maximum Gasteiger partial charge on any atom is 0.267 e. The topological polar surface area (TPSA) is 106 Å². The number of carbonyl (C=O) groups excluding carboxylic acids is 2. The maximum atomic E-state index is 12.3. The molecule has 0 aliphatic carbocycles. The molecule has 0 bridgehead atoms. The van der Waals surface area contributed by atoms with Crippen molar-refractivity contribution in [2.75, 3.05) is 31.4 Å². The highest BCUT2D eigenvalue weighted by molar-refractivity contribution is 6.40. The van der Waals surface area contributed by atoms with E-state index in [1.54, 1.807) is 0 Å². The molecule has 2 amide bonds. The lowest BCUT2D eigenvalue weighted by Crippen LogP contribution is -2.42. The number of hydrazone groups is 1. The fraction of sp³-hybridized carbons (Fsp3) is 0.438. The lowest BCUT2D eigenvalue weighted by Gasteiger charge is -2.22. The van der Waals surface area contributed by atoms with Crippen molar-refractivity contribution in [3.63, 3.8) is 0 Å². The van der Waals surface area contributed by atoms with E-state index in [0.717, 1.165) is 0 Å². The second-order valence-corrected chi connectivity index (χ2v) is 5.63. The van der Waals surface area contributed by atoms with Crippen LogP contribution >= 0.6 is 0 Å². The number of primary amides is 1. The SMILES string of the molecule is NC(=O)[C@H]1CC(C(=O)NC[C@H]2COCCO2)=NN1c1ccccc1. The van der Waals surface area contributed by atoms with Crippen LogP contribution < -0.4 is 16.1 Å². The average molecular weight is 332 g/mol. The van der Waals surface area contributed by atoms with Gasteiger partial charge in [0.2, 0.25) is 5.91 Å². The number of nitrogens with one attached hydrogen (secondary N) is 1. The van der Waals surface area contributed by atoms with Crippen molar-refractivity contribution in [2.45, 2.75) is 18.6 Å². The Balaban J connectivity index is 1.66. The van der Waals surface area contributed by atoms with Gasteiger partial charge in [-0.1, -0.05) is 18.2 Å². The Bertz CT molecular complexity index is 628. The minimum absolute atomic E-state index is 0.165. The lowest BCUT2D eigenvalue weighted by molar-refractivity contribution is -0.119. The highest BCUT2D eigenvalue weighted by Crippen LogP contribution is 2.24. The number of nitrogens with two attached hydrogens (primary N) is 1. The van der Waals surface area contributed by atoms with Crippen molar-refractivity contribution in [1.82, 2.24) is 5.32 Å². The number of carbonyl (C=O) groups is 2. The molecule has 2 aliphatic rings. The van der Waals surface area contributed by atoms with Gasteiger partial charge in [0.15, 0.2) is 0 Å². The van der Waals surface area contributed by atoms with Gasteiger partial charge in [0.1, 0.15) is 11.8 Å². The molecule has 0 aromatic heterocycles. The van der Waals surface area contributed by atoms with Crippen LogP contribution in [0.1, 0.15) is 6.42 Å².